The van der Waals surface area contributed by atoms with Gasteiger partial charge in [-0.05, 0) is 58.1 Å². The molecule has 0 aliphatic heterocycles. The molecular formula is C21H21Br2NO4S. The predicted molar refractivity (Wildman–Crippen MR) is 121 cm³/mol. The van der Waals surface area contributed by atoms with Crippen LogP contribution in [0.2, 0.25) is 0 Å². The van der Waals surface area contributed by atoms with Gasteiger partial charge in [-0.3, -0.25) is 4.98 Å². The van der Waals surface area contributed by atoms with Crippen molar-refractivity contribution in [2.45, 2.75) is 38.0 Å². The van der Waals surface area contributed by atoms with Crippen molar-refractivity contribution in [3.05, 3.63) is 57.1 Å². The lowest BCUT2D eigenvalue weighted by Gasteiger charge is -2.21. The van der Waals surface area contributed by atoms with E-state index in [-0.39, 0.29) is 21.8 Å². The average Bonchev–Trinajstić information content (AvgIpc) is 2.65. The molecule has 3 rings (SSSR count). The van der Waals surface area contributed by atoms with Gasteiger partial charge in [0.25, 0.3) is 0 Å². The van der Waals surface area contributed by atoms with E-state index in [0.717, 1.165) is 15.4 Å². The minimum Gasteiger partial charge on any atom is -0.492 e. The zero-order valence-corrected chi connectivity index (χ0v) is 20.5. The molecule has 0 atom stereocenters. The largest absolute Gasteiger partial charge is 0.492 e. The van der Waals surface area contributed by atoms with Crippen molar-refractivity contribution in [1.29, 1.82) is 0 Å². The molecule has 1 aromatic heterocycles. The lowest BCUT2D eigenvalue weighted by Crippen LogP contribution is -2.16. The summed E-state index contributed by atoms with van der Waals surface area (Å²) in [4.78, 5) is 4.31. The lowest BCUT2D eigenvalue weighted by atomic mass is 9.87. The van der Waals surface area contributed by atoms with Crippen LogP contribution in [0.5, 0.6) is 11.5 Å². The Morgan fingerprint density at radius 1 is 1.07 bits per heavy atom. The molecule has 0 saturated carbocycles. The number of benzene rings is 2. The highest BCUT2D eigenvalue weighted by atomic mass is 79.9. The maximum Gasteiger partial charge on any atom is 0.343 e. The van der Waals surface area contributed by atoms with Crippen molar-refractivity contribution in [2.24, 2.45) is 0 Å². The van der Waals surface area contributed by atoms with Crippen LogP contribution in [0, 0.1) is 0 Å². The van der Waals surface area contributed by atoms with Crippen LogP contribution in [0.25, 0.3) is 10.9 Å². The number of aromatic nitrogens is 1. The Hall–Kier alpha value is -1.64. The number of ether oxygens (including phenoxy) is 1. The molecule has 0 spiro atoms. The molecule has 0 fully saturated rings. The van der Waals surface area contributed by atoms with Gasteiger partial charge in [0.15, 0.2) is 5.75 Å². The summed E-state index contributed by atoms with van der Waals surface area (Å²) in [7, 11) is -4.19. The van der Waals surface area contributed by atoms with Crippen molar-refractivity contribution in [3.8, 4) is 11.5 Å². The topological polar surface area (TPSA) is 65.5 Å². The highest BCUT2D eigenvalue weighted by Gasteiger charge is 2.27. The Balaban J connectivity index is 2.17. The molecule has 154 valence electrons. The summed E-state index contributed by atoms with van der Waals surface area (Å²) in [6, 6.07) is 10.5. The predicted octanol–water partition coefficient (Wildman–Crippen LogP) is 6.22. The molecule has 0 saturated heterocycles. The standard InChI is InChI=1S/C21H21Br2NO4S/c1-5-27-17-9-8-13(21(2,3)4)11-18(17)29(25,26)28-20-16(23)12-15(22)14-7-6-10-24-19(14)20/h6-12H,5H2,1-4H3. The van der Waals surface area contributed by atoms with E-state index in [0.29, 0.717) is 16.6 Å². The zero-order chi connectivity index (χ0) is 21.4. The van der Waals surface area contributed by atoms with Gasteiger partial charge in [-0.15, -0.1) is 0 Å². The van der Waals surface area contributed by atoms with Gasteiger partial charge in [-0.2, -0.15) is 8.42 Å². The highest BCUT2D eigenvalue weighted by molar-refractivity contribution is 9.11. The average molecular weight is 543 g/mol. The SMILES string of the molecule is CCOc1ccc(C(C)(C)C)cc1S(=O)(=O)Oc1c(Br)cc(Br)c2cccnc12. The monoisotopic (exact) mass is 541 g/mol. The molecule has 0 N–H and O–H groups in total. The molecule has 0 unspecified atom stereocenters. The van der Waals surface area contributed by atoms with Crippen LogP contribution in [-0.4, -0.2) is 20.0 Å². The van der Waals surface area contributed by atoms with Crippen LogP contribution < -0.4 is 8.92 Å². The van der Waals surface area contributed by atoms with E-state index in [4.69, 9.17) is 8.92 Å². The van der Waals surface area contributed by atoms with Crippen LogP contribution in [-0.2, 0) is 15.5 Å². The summed E-state index contributed by atoms with van der Waals surface area (Å²) >= 11 is 6.87. The number of halogens is 2. The van der Waals surface area contributed by atoms with Gasteiger partial charge in [-0.25, -0.2) is 0 Å². The fraction of sp³-hybridized carbons (Fsp3) is 0.286. The number of rotatable bonds is 5. The van der Waals surface area contributed by atoms with Crippen molar-refractivity contribution in [3.63, 3.8) is 0 Å². The molecule has 5 nitrogen and oxygen atoms in total. The molecule has 2 aromatic carbocycles. The Morgan fingerprint density at radius 2 is 1.79 bits per heavy atom. The van der Waals surface area contributed by atoms with Crippen molar-refractivity contribution < 1.29 is 17.3 Å². The number of hydrogen-bond donors (Lipinski definition) is 0. The minimum atomic E-state index is -4.19. The first-order chi connectivity index (χ1) is 13.5. The zero-order valence-electron chi connectivity index (χ0n) is 16.5. The molecule has 8 heteroatoms. The Kier molecular flexibility index (Phi) is 6.27. The second kappa shape index (κ2) is 8.24. The van der Waals surface area contributed by atoms with Crippen LogP contribution in [0.3, 0.4) is 0 Å². The molecule has 3 aromatic rings. The summed E-state index contributed by atoms with van der Waals surface area (Å²) in [5.41, 5.74) is 1.06. The first-order valence-electron chi connectivity index (χ1n) is 8.99. The maximum absolute atomic E-state index is 13.3. The summed E-state index contributed by atoms with van der Waals surface area (Å²) in [6.07, 6.45) is 1.59. The number of nitrogens with zero attached hydrogens (tertiary/aromatic N) is 1. The summed E-state index contributed by atoms with van der Waals surface area (Å²) in [5.74, 6) is 0.387. The van der Waals surface area contributed by atoms with Crippen molar-refractivity contribution in [1.82, 2.24) is 4.98 Å². The Bertz CT molecular complexity index is 1170. The Morgan fingerprint density at radius 3 is 2.45 bits per heavy atom. The number of hydrogen-bond acceptors (Lipinski definition) is 5. The van der Waals surface area contributed by atoms with Gasteiger partial charge in [0.05, 0.1) is 11.1 Å². The van der Waals surface area contributed by atoms with Crippen LogP contribution in [0.1, 0.15) is 33.3 Å². The molecule has 1 heterocycles. The third-order valence-electron chi connectivity index (χ3n) is 4.32. The summed E-state index contributed by atoms with van der Waals surface area (Å²) in [5, 5.41) is 0.745. The van der Waals surface area contributed by atoms with Crippen LogP contribution in [0.4, 0.5) is 0 Å². The molecular weight excluding hydrogens is 522 g/mol. The first-order valence-corrected chi connectivity index (χ1v) is 12.0. The van der Waals surface area contributed by atoms with E-state index in [2.05, 4.69) is 36.8 Å². The lowest BCUT2D eigenvalue weighted by molar-refractivity contribution is 0.329. The quantitative estimate of drug-likeness (QED) is 0.358. The van der Waals surface area contributed by atoms with E-state index < -0.39 is 10.1 Å². The van der Waals surface area contributed by atoms with E-state index in [1.807, 2.05) is 32.9 Å². The van der Waals surface area contributed by atoms with Crippen LogP contribution >= 0.6 is 31.9 Å². The maximum atomic E-state index is 13.3. The number of pyridine rings is 1. The van der Waals surface area contributed by atoms with Gasteiger partial charge < -0.3 is 8.92 Å². The molecule has 0 amide bonds. The second-order valence-electron chi connectivity index (χ2n) is 7.45. The second-order valence-corrected chi connectivity index (χ2v) is 10.7. The normalized spacial score (nSPS) is 12.2. The third kappa shape index (κ3) is 4.59. The molecule has 29 heavy (non-hydrogen) atoms. The fourth-order valence-electron chi connectivity index (χ4n) is 2.83. The number of fused-ring (bicyclic) bond motifs is 1. The van der Waals surface area contributed by atoms with Crippen molar-refractivity contribution >= 4 is 52.9 Å². The molecule has 0 aliphatic carbocycles. The van der Waals surface area contributed by atoms with E-state index in [1.54, 1.807) is 37.4 Å². The summed E-state index contributed by atoms with van der Waals surface area (Å²) in [6.45, 7) is 8.19. The van der Waals surface area contributed by atoms with Gasteiger partial charge in [0.2, 0.25) is 0 Å². The van der Waals surface area contributed by atoms with Crippen LogP contribution in [0.15, 0.2) is 56.4 Å². The Labute approximate surface area is 187 Å². The summed E-state index contributed by atoms with van der Waals surface area (Å²) < 4.78 is 39.0. The van der Waals surface area contributed by atoms with E-state index in [1.165, 1.54) is 0 Å². The fourth-order valence-corrected chi connectivity index (χ4v) is 5.41. The first kappa shape index (κ1) is 22.1. The smallest absolute Gasteiger partial charge is 0.343 e. The van der Waals surface area contributed by atoms with Gasteiger partial charge in [0, 0.05) is 16.1 Å². The van der Waals surface area contributed by atoms with Gasteiger partial charge in [-0.1, -0.05) is 48.8 Å². The minimum absolute atomic E-state index is 0.00863. The molecule has 0 aliphatic rings. The van der Waals surface area contributed by atoms with E-state index >= 15 is 0 Å². The highest BCUT2D eigenvalue weighted by Crippen LogP contribution is 2.40. The third-order valence-corrected chi connectivity index (χ3v) is 6.81. The molecule has 0 radical (unpaired) electrons. The van der Waals surface area contributed by atoms with Gasteiger partial charge >= 0.3 is 10.1 Å². The van der Waals surface area contributed by atoms with Crippen molar-refractivity contribution in [2.75, 3.05) is 6.61 Å². The molecule has 0 bridgehead atoms. The van der Waals surface area contributed by atoms with E-state index in [9.17, 15) is 8.42 Å². The van der Waals surface area contributed by atoms with Gasteiger partial charge in [0.1, 0.15) is 16.2 Å².